The van der Waals surface area contributed by atoms with E-state index in [0.29, 0.717) is 12.5 Å². The maximum Gasteiger partial charge on any atom is 0.322 e. The minimum absolute atomic E-state index is 0.203. The topological polar surface area (TPSA) is 102 Å². The Morgan fingerprint density at radius 1 is 1.42 bits per heavy atom. The van der Waals surface area contributed by atoms with E-state index in [4.69, 9.17) is 15.0 Å². The van der Waals surface area contributed by atoms with Crippen molar-refractivity contribution in [2.75, 3.05) is 24.5 Å². The number of ether oxygens (including phenoxy) is 1. The zero-order valence-corrected chi connectivity index (χ0v) is 11.0. The predicted octanol–water partition coefficient (Wildman–Crippen LogP) is 0.704. The average molecular weight is 264 g/mol. The molecule has 2 aromatic heterocycles. The molecule has 2 aromatic rings. The molecule has 0 unspecified atom stereocenters. The number of nitrogens with zero attached hydrogens (tertiary/aromatic N) is 4. The molecular formula is C11H16N6O2. The molecule has 8 nitrogen and oxygen atoms in total. The molecule has 8 heteroatoms. The van der Waals surface area contributed by atoms with Gasteiger partial charge in [0.05, 0.1) is 13.4 Å². The largest absolute Gasteiger partial charge is 0.469 e. The molecule has 0 amide bonds. The number of anilines is 2. The molecule has 2 heterocycles. The van der Waals surface area contributed by atoms with Crippen LogP contribution in [-0.4, -0.2) is 29.1 Å². The second-order valence-electron chi connectivity index (χ2n) is 3.95. The maximum absolute atomic E-state index is 5.31. The molecule has 0 aliphatic heterocycles. The van der Waals surface area contributed by atoms with Gasteiger partial charge in [0.25, 0.3) is 0 Å². The summed E-state index contributed by atoms with van der Waals surface area (Å²) in [5.41, 5.74) is 3.44. The van der Waals surface area contributed by atoms with Gasteiger partial charge in [-0.15, -0.1) is 0 Å². The highest BCUT2D eigenvalue weighted by molar-refractivity contribution is 5.38. The van der Waals surface area contributed by atoms with Crippen LogP contribution in [0, 0.1) is 6.92 Å². The van der Waals surface area contributed by atoms with Gasteiger partial charge in [0.15, 0.2) is 0 Å². The first-order valence-electron chi connectivity index (χ1n) is 5.65. The predicted molar refractivity (Wildman–Crippen MR) is 69.7 cm³/mol. The van der Waals surface area contributed by atoms with Crippen molar-refractivity contribution in [3.63, 3.8) is 0 Å². The highest BCUT2D eigenvalue weighted by Crippen LogP contribution is 2.17. The van der Waals surface area contributed by atoms with E-state index in [2.05, 4.69) is 20.4 Å². The van der Waals surface area contributed by atoms with Crippen LogP contribution in [0.15, 0.2) is 16.7 Å². The molecule has 0 aromatic carbocycles. The fourth-order valence-corrected chi connectivity index (χ4v) is 1.57. The lowest BCUT2D eigenvalue weighted by atomic mass is 10.2. The van der Waals surface area contributed by atoms with Crippen molar-refractivity contribution < 1.29 is 9.15 Å². The van der Waals surface area contributed by atoms with Crippen LogP contribution in [0.25, 0.3) is 0 Å². The summed E-state index contributed by atoms with van der Waals surface area (Å²) in [5, 5.41) is 0. The van der Waals surface area contributed by atoms with Crippen LogP contribution < -0.4 is 20.9 Å². The highest BCUT2D eigenvalue weighted by atomic mass is 16.5. The number of nitrogen functional groups attached to an aromatic ring is 1. The summed E-state index contributed by atoms with van der Waals surface area (Å²) < 4.78 is 10.3. The number of furan rings is 1. The summed E-state index contributed by atoms with van der Waals surface area (Å²) in [6.45, 7) is 2.52. The van der Waals surface area contributed by atoms with Crippen molar-refractivity contribution in [2.45, 2.75) is 13.5 Å². The molecule has 102 valence electrons. The molecule has 0 saturated carbocycles. The molecule has 0 radical (unpaired) electrons. The van der Waals surface area contributed by atoms with Crippen LogP contribution in [0.1, 0.15) is 11.3 Å². The van der Waals surface area contributed by atoms with Crippen molar-refractivity contribution in [3.05, 3.63) is 23.7 Å². The van der Waals surface area contributed by atoms with Crippen molar-refractivity contribution >= 4 is 11.9 Å². The Labute approximate surface area is 110 Å². The van der Waals surface area contributed by atoms with Gasteiger partial charge >= 0.3 is 6.01 Å². The SMILES string of the molecule is COc1nc(NN)nc(N(C)Cc2ccoc2C)n1. The Morgan fingerprint density at radius 3 is 2.79 bits per heavy atom. The smallest absolute Gasteiger partial charge is 0.322 e. The number of hydrazine groups is 1. The summed E-state index contributed by atoms with van der Waals surface area (Å²) >= 11 is 0. The number of nitrogens with one attached hydrogen (secondary N) is 1. The number of aromatic nitrogens is 3. The van der Waals surface area contributed by atoms with Crippen LogP contribution in [0.4, 0.5) is 11.9 Å². The molecule has 2 rings (SSSR count). The van der Waals surface area contributed by atoms with E-state index >= 15 is 0 Å². The molecular weight excluding hydrogens is 248 g/mol. The minimum atomic E-state index is 0.203. The molecule has 0 atom stereocenters. The lowest BCUT2D eigenvalue weighted by Crippen LogP contribution is -2.21. The van der Waals surface area contributed by atoms with E-state index in [9.17, 15) is 0 Å². The van der Waals surface area contributed by atoms with Crippen LogP contribution in [-0.2, 0) is 6.54 Å². The molecule has 3 N–H and O–H groups in total. The van der Waals surface area contributed by atoms with Crippen molar-refractivity contribution in [1.29, 1.82) is 0 Å². The van der Waals surface area contributed by atoms with Gasteiger partial charge in [-0.1, -0.05) is 0 Å². The van der Waals surface area contributed by atoms with E-state index in [-0.39, 0.29) is 12.0 Å². The Kier molecular flexibility index (Phi) is 3.81. The van der Waals surface area contributed by atoms with Crippen molar-refractivity contribution in [3.8, 4) is 6.01 Å². The highest BCUT2D eigenvalue weighted by Gasteiger charge is 2.12. The third-order valence-corrected chi connectivity index (χ3v) is 2.63. The van der Waals surface area contributed by atoms with Gasteiger partial charge in [0, 0.05) is 19.2 Å². The third kappa shape index (κ3) is 2.91. The first kappa shape index (κ1) is 13.1. The van der Waals surface area contributed by atoms with Crippen LogP contribution in [0.3, 0.4) is 0 Å². The van der Waals surface area contributed by atoms with Gasteiger partial charge in [-0.2, -0.15) is 15.0 Å². The molecule has 0 fully saturated rings. The zero-order valence-electron chi connectivity index (χ0n) is 11.0. The van der Waals surface area contributed by atoms with Crippen LogP contribution >= 0.6 is 0 Å². The number of methoxy groups -OCH3 is 1. The summed E-state index contributed by atoms with van der Waals surface area (Å²) in [4.78, 5) is 14.1. The lowest BCUT2D eigenvalue weighted by Gasteiger charge is -2.17. The number of rotatable bonds is 5. The van der Waals surface area contributed by atoms with E-state index in [1.165, 1.54) is 7.11 Å². The second-order valence-corrected chi connectivity index (χ2v) is 3.95. The van der Waals surface area contributed by atoms with Gasteiger partial charge in [0.2, 0.25) is 11.9 Å². The van der Waals surface area contributed by atoms with E-state index in [0.717, 1.165) is 11.3 Å². The normalized spacial score (nSPS) is 10.3. The van der Waals surface area contributed by atoms with Gasteiger partial charge in [-0.3, -0.25) is 5.43 Å². The minimum Gasteiger partial charge on any atom is -0.469 e. The molecule has 0 saturated heterocycles. The van der Waals surface area contributed by atoms with Gasteiger partial charge < -0.3 is 14.1 Å². The average Bonchev–Trinajstić information content (AvgIpc) is 2.83. The number of hydrogen-bond donors (Lipinski definition) is 2. The Balaban J connectivity index is 2.23. The molecule has 0 bridgehead atoms. The first-order chi connectivity index (χ1) is 9.13. The van der Waals surface area contributed by atoms with E-state index < -0.39 is 0 Å². The Bertz CT molecular complexity index is 534. The number of hydrogen-bond acceptors (Lipinski definition) is 8. The monoisotopic (exact) mass is 264 g/mol. The second kappa shape index (κ2) is 5.53. The zero-order chi connectivity index (χ0) is 13.8. The molecule has 19 heavy (non-hydrogen) atoms. The van der Waals surface area contributed by atoms with Crippen LogP contribution in [0.2, 0.25) is 0 Å². The first-order valence-corrected chi connectivity index (χ1v) is 5.65. The molecule has 0 spiro atoms. The fourth-order valence-electron chi connectivity index (χ4n) is 1.57. The molecule has 0 aliphatic carbocycles. The third-order valence-electron chi connectivity index (χ3n) is 2.63. The maximum atomic E-state index is 5.31. The van der Waals surface area contributed by atoms with Gasteiger partial charge in [0.1, 0.15) is 5.76 Å². The number of nitrogens with two attached hydrogens (primary N) is 1. The molecule has 0 aliphatic rings. The Morgan fingerprint density at radius 2 is 2.21 bits per heavy atom. The summed E-state index contributed by atoms with van der Waals surface area (Å²) in [6, 6.07) is 2.11. The van der Waals surface area contributed by atoms with E-state index in [1.54, 1.807) is 6.26 Å². The Hall–Kier alpha value is -2.35. The van der Waals surface area contributed by atoms with Crippen molar-refractivity contribution in [2.24, 2.45) is 5.84 Å². The standard InChI is InChI=1S/C11H16N6O2/c1-7-8(4-5-19-7)6-17(2)10-13-9(16-12)14-11(15-10)18-3/h4-5H,6,12H2,1-3H3,(H,13,14,15,16). The quantitative estimate of drug-likeness (QED) is 0.601. The summed E-state index contributed by atoms with van der Waals surface area (Å²) in [7, 11) is 3.35. The van der Waals surface area contributed by atoms with Crippen LogP contribution in [0.5, 0.6) is 6.01 Å². The van der Waals surface area contributed by atoms with E-state index in [1.807, 2.05) is 24.9 Å². The fraction of sp³-hybridized carbons (Fsp3) is 0.364. The van der Waals surface area contributed by atoms with Gasteiger partial charge in [-0.05, 0) is 13.0 Å². The number of aryl methyl sites for hydroxylation is 1. The van der Waals surface area contributed by atoms with Gasteiger partial charge in [-0.25, -0.2) is 5.84 Å². The summed E-state index contributed by atoms with van der Waals surface area (Å²) in [5.74, 6) is 6.88. The summed E-state index contributed by atoms with van der Waals surface area (Å²) in [6.07, 6.45) is 1.65. The lowest BCUT2D eigenvalue weighted by molar-refractivity contribution is 0.379. The van der Waals surface area contributed by atoms with Crippen molar-refractivity contribution in [1.82, 2.24) is 15.0 Å².